The molecule has 6 heteroatoms. The largest absolute Gasteiger partial charge is 0.484 e. The third-order valence-electron chi connectivity index (χ3n) is 3.45. The lowest BCUT2D eigenvalue weighted by molar-refractivity contribution is -0.137. The van der Waals surface area contributed by atoms with Crippen LogP contribution in [0, 0.1) is 0 Å². The van der Waals surface area contributed by atoms with E-state index in [1.807, 2.05) is 0 Å². The first-order chi connectivity index (χ1) is 9.37. The molecule has 0 saturated carbocycles. The van der Waals surface area contributed by atoms with E-state index in [1.54, 1.807) is 30.0 Å². The molecular weight excluding hydrogens is 301 g/mol. The van der Waals surface area contributed by atoms with Gasteiger partial charge in [0.25, 0.3) is 5.91 Å². The van der Waals surface area contributed by atoms with Gasteiger partial charge < -0.3 is 14.7 Å². The number of rotatable bonds is 3. The minimum Gasteiger partial charge on any atom is -0.484 e. The molecule has 1 aromatic rings. The molecular formula is C14H17Cl2NO3. The molecule has 0 aromatic heterocycles. The lowest BCUT2D eigenvalue weighted by atomic mass is 9.94. The average molecular weight is 318 g/mol. The molecule has 1 heterocycles. The molecule has 0 spiro atoms. The van der Waals surface area contributed by atoms with Gasteiger partial charge in [-0.05, 0) is 31.9 Å². The normalized spacial score (nSPS) is 17.9. The summed E-state index contributed by atoms with van der Waals surface area (Å²) in [5.41, 5.74) is -0.665. The number of carbonyl (C=O) groups excluding carboxylic acids is 1. The molecule has 2 rings (SSSR count). The van der Waals surface area contributed by atoms with Crippen LogP contribution in [0.15, 0.2) is 18.2 Å². The van der Waals surface area contributed by atoms with E-state index in [1.165, 1.54) is 0 Å². The number of piperidine rings is 1. The van der Waals surface area contributed by atoms with E-state index < -0.39 is 5.60 Å². The average Bonchev–Trinajstić information content (AvgIpc) is 2.40. The van der Waals surface area contributed by atoms with Gasteiger partial charge in [-0.1, -0.05) is 23.2 Å². The third kappa shape index (κ3) is 4.01. The van der Waals surface area contributed by atoms with Crippen LogP contribution in [-0.2, 0) is 4.79 Å². The lowest BCUT2D eigenvalue weighted by Crippen LogP contribution is -2.46. The highest BCUT2D eigenvalue weighted by Gasteiger charge is 2.29. The van der Waals surface area contributed by atoms with Gasteiger partial charge >= 0.3 is 0 Å². The van der Waals surface area contributed by atoms with Gasteiger partial charge in [0.05, 0.1) is 15.6 Å². The summed E-state index contributed by atoms with van der Waals surface area (Å²) < 4.78 is 5.41. The second kappa shape index (κ2) is 6.20. The predicted molar refractivity (Wildman–Crippen MR) is 78.4 cm³/mol. The van der Waals surface area contributed by atoms with E-state index in [2.05, 4.69) is 0 Å². The Morgan fingerprint density at radius 2 is 2.00 bits per heavy atom. The number of aliphatic hydroxyl groups is 1. The zero-order valence-electron chi connectivity index (χ0n) is 11.2. The molecule has 1 fully saturated rings. The van der Waals surface area contributed by atoms with Crippen molar-refractivity contribution in [3.8, 4) is 5.75 Å². The minimum absolute atomic E-state index is 0.0416. The molecule has 1 aliphatic rings. The molecule has 1 saturated heterocycles. The molecule has 0 bridgehead atoms. The van der Waals surface area contributed by atoms with Crippen molar-refractivity contribution >= 4 is 29.1 Å². The Labute approximate surface area is 128 Å². The van der Waals surface area contributed by atoms with Gasteiger partial charge in [-0.3, -0.25) is 4.79 Å². The smallest absolute Gasteiger partial charge is 0.260 e. The molecule has 1 amide bonds. The summed E-state index contributed by atoms with van der Waals surface area (Å²) in [5, 5.41) is 10.7. The summed E-state index contributed by atoms with van der Waals surface area (Å²) in [6, 6.07) is 4.88. The zero-order chi connectivity index (χ0) is 14.8. The Bertz CT molecular complexity index is 495. The number of benzene rings is 1. The fraction of sp³-hybridized carbons (Fsp3) is 0.500. The number of likely N-dealkylation sites (tertiary alicyclic amines) is 1. The molecule has 1 aliphatic heterocycles. The van der Waals surface area contributed by atoms with Crippen molar-refractivity contribution in [2.24, 2.45) is 0 Å². The van der Waals surface area contributed by atoms with Crippen LogP contribution in [0.4, 0.5) is 0 Å². The number of hydrogen-bond acceptors (Lipinski definition) is 3. The van der Waals surface area contributed by atoms with Crippen LogP contribution in [0.5, 0.6) is 5.75 Å². The number of amides is 1. The zero-order valence-corrected chi connectivity index (χ0v) is 12.7. The summed E-state index contributed by atoms with van der Waals surface area (Å²) in [5.74, 6) is 0.420. The van der Waals surface area contributed by atoms with Crippen LogP contribution >= 0.6 is 23.2 Å². The number of carbonyl (C=O) groups is 1. The molecule has 0 atom stereocenters. The summed E-state index contributed by atoms with van der Waals surface area (Å²) >= 11 is 11.7. The molecule has 0 radical (unpaired) electrons. The number of hydrogen-bond donors (Lipinski definition) is 1. The predicted octanol–water partition coefficient (Wildman–Crippen LogP) is 2.75. The van der Waals surface area contributed by atoms with Gasteiger partial charge in [0.2, 0.25) is 0 Å². The first-order valence-corrected chi connectivity index (χ1v) is 7.21. The van der Waals surface area contributed by atoms with E-state index >= 15 is 0 Å². The molecule has 20 heavy (non-hydrogen) atoms. The van der Waals surface area contributed by atoms with Gasteiger partial charge in [0.15, 0.2) is 6.61 Å². The molecule has 110 valence electrons. The summed E-state index contributed by atoms with van der Waals surface area (Å²) in [6.07, 6.45) is 1.18. The van der Waals surface area contributed by atoms with Crippen molar-refractivity contribution in [3.05, 3.63) is 28.2 Å². The maximum Gasteiger partial charge on any atom is 0.260 e. The van der Waals surface area contributed by atoms with Gasteiger partial charge in [-0.25, -0.2) is 0 Å². The van der Waals surface area contributed by atoms with Crippen molar-refractivity contribution < 1.29 is 14.6 Å². The van der Waals surface area contributed by atoms with E-state index in [0.717, 1.165) is 0 Å². The van der Waals surface area contributed by atoms with Gasteiger partial charge in [0.1, 0.15) is 5.75 Å². The standard InChI is InChI=1S/C14H17Cl2NO3/c1-14(19)4-6-17(7-5-14)13(18)9-20-10-2-3-11(15)12(16)8-10/h2-3,8,19H,4-7,9H2,1H3. The highest BCUT2D eigenvalue weighted by Crippen LogP contribution is 2.26. The summed E-state index contributed by atoms with van der Waals surface area (Å²) in [6.45, 7) is 2.86. The minimum atomic E-state index is -0.665. The van der Waals surface area contributed by atoms with Crippen LogP contribution in [0.1, 0.15) is 19.8 Å². The topological polar surface area (TPSA) is 49.8 Å². The van der Waals surface area contributed by atoms with E-state index in [-0.39, 0.29) is 12.5 Å². The Morgan fingerprint density at radius 3 is 2.60 bits per heavy atom. The highest BCUT2D eigenvalue weighted by molar-refractivity contribution is 6.42. The Kier molecular flexibility index (Phi) is 4.78. The first kappa shape index (κ1) is 15.4. The maximum atomic E-state index is 12.0. The third-order valence-corrected chi connectivity index (χ3v) is 4.19. The van der Waals surface area contributed by atoms with E-state index in [9.17, 15) is 9.90 Å². The number of nitrogens with zero attached hydrogens (tertiary/aromatic N) is 1. The Hall–Kier alpha value is -0.970. The summed E-state index contributed by atoms with van der Waals surface area (Å²) in [4.78, 5) is 13.7. The summed E-state index contributed by atoms with van der Waals surface area (Å²) in [7, 11) is 0. The fourth-order valence-corrected chi connectivity index (χ4v) is 2.33. The van der Waals surface area contributed by atoms with Crippen LogP contribution < -0.4 is 4.74 Å². The van der Waals surface area contributed by atoms with Crippen LogP contribution in [-0.4, -0.2) is 41.2 Å². The lowest BCUT2D eigenvalue weighted by Gasteiger charge is -2.35. The second-order valence-corrected chi connectivity index (χ2v) is 6.06. The molecule has 0 unspecified atom stereocenters. The van der Waals surface area contributed by atoms with Gasteiger partial charge in [0, 0.05) is 19.2 Å². The fourth-order valence-electron chi connectivity index (χ4n) is 2.04. The monoisotopic (exact) mass is 317 g/mol. The van der Waals surface area contributed by atoms with Crippen molar-refractivity contribution in [1.82, 2.24) is 4.90 Å². The molecule has 1 N–H and O–H groups in total. The SMILES string of the molecule is CC1(O)CCN(C(=O)COc2ccc(Cl)c(Cl)c2)CC1. The maximum absolute atomic E-state index is 12.0. The number of ether oxygens (including phenoxy) is 1. The van der Waals surface area contributed by atoms with Crippen LogP contribution in [0.3, 0.4) is 0 Å². The van der Waals surface area contributed by atoms with Crippen LogP contribution in [0.2, 0.25) is 10.0 Å². The van der Waals surface area contributed by atoms with E-state index in [4.69, 9.17) is 27.9 Å². The van der Waals surface area contributed by atoms with Gasteiger partial charge in [-0.15, -0.1) is 0 Å². The molecule has 4 nitrogen and oxygen atoms in total. The van der Waals surface area contributed by atoms with Crippen molar-refractivity contribution in [2.75, 3.05) is 19.7 Å². The van der Waals surface area contributed by atoms with Gasteiger partial charge in [-0.2, -0.15) is 0 Å². The number of halogens is 2. The quantitative estimate of drug-likeness (QED) is 0.932. The first-order valence-electron chi connectivity index (χ1n) is 6.45. The molecule has 0 aliphatic carbocycles. The van der Waals surface area contributed by atoms with Crippen molar-refractivity contribution in [1.29, 1.82) is 0 Å². The Balaban J connectivity index is 1.85. The van der Waals surface area contributed by atoms with Crippen molar-refractivity contribution in [3.63, 3.8) is 0 Å². The van der Waals surface area contributed by atoms with E-state index in [0.29, 0.717) is 41.7 Å². The van der Waals surface area contributed by atoms with Crippen LogP contribution in [0.25, 0.3) is 0 Å². The highest BCUT2D eigenvalue weighted by atomic mass is 35.5. The van der Waals surface area contributed by atoms with Crippen molar-refractivity contribution in [2.45, 2.75) is 25.4 Å². The molecule has 1 aromatic carbocycles. The second-order valence-electron chi connectivity index (χ2n) is 5.24. The Morgan fingerprint density at radius 1 is 1.35 bits per heavy atom.